The van der Waals surface area contributed by atoms with Crippen molar-refractivity contribution in [2.24, 2.45) is 5.92 Å². The monoisotopic (exact) mass is 495 g/mol. The van der Waals surface area contributed by atoms with E-state index in [4.69, 9.17) is 0 Å². The molecule has 8 nitrogen and oxygen atoms in total. The molecule has 3 aromatic rings. The number of aromatic nitrogens is 1. The number of pyridine rings is 1. The maximum atomic E-state index is 14.0. The molecule has 37 heavy (non-hydrogen) atoms. The Hall–Kier alpha value is -4.25. The summed E-state index contributed by atoms with van der Waals surface area (Å²) in [4.78, 5) is 48.0. The molecule has 3 atom stereocenters. The van der Waals surface area contributed by atoms with E-state index in [9.17, 15) is 19.6 Å². The van der Waals surface area contributed by atoms with Gasteiger partial charge in [0.25, 0.3) is 5.91 Å². The van der Waals surface area contributed by atoms with Crippen LogP contribution in [-0.2, 0) is 15.0 Å². The van der Waals surface area contributed by atoms with Crippen molar-refractivity contribution >= 4 is 34.3 Å². The fourth-order valence-electron chi connectivity index (χ4n) is 5.60. The zero-order chi connectivity index (χ0) is 26.3. The van der Waals surface area contributed by atoms with E-state index >= 15 is 0 Å². The summed E-state index contributed by atoms with van der Waals surface area (Å²) in [6, 6.07) is 17.1. The van der Waals surface area contributed by atoms with Crippen molar-refractivity contribution in [3.63, 3.8) is 0 Å². The highest BCUT2D eigenvalue weighted by atomic mass is 16.2. The van der Waals surface area contributed by atoms with Crippen molar-refractivity contribution in [2.75, 3.05) is 18.9 Å². The van der Waals surface area contributed by atoms with Gasteiger partial charge in [0.2, 0.25) is 11.8 Å². The van der Waals surface area contributed by atoms with Crippen molar-refractivity contribution in [1.82, 2.24) is 14.8 Å². The first-order valence-corrected chi connectivity index (χ1v) is 12.5. The largest absolute Gasteiger partial charge is 0.330 e. The number of nitrogens with one attached hydrogen (secondary N) is 1. The average molecular weight is 496 g/mol. The molecule has 2 aliphatic heterocycles. The van der Waals surface area contributed by atoms with Crippen LogP contribution in [-0.4, -0.2) is 58.2 Å². The highest BCUT2D eigenvalue weighted by Gasteiger charge is 2.56. The van der Waals surface area contributed by atoms with E-state index in [1.807, 2.05) is 50.2 Å². The van der Waals surface area contributed by atoms with Crippen LogP contribution in [0.5, 0.6) is 0 Å². The molecule has 0 saturated carbocycles. The number of benzene rings is 2. The predicted octanol–water partition coefficient (Wildman–Crippen LogP) is 3.74. The molecule has 2 aromatic carbocycles. The maximum Gasteiger partial charge on any atom is 0.254 e. The predicted molar refractivity (Wildman–Crippen MR) is 140 cm³/mol. The summed E-state index contributed by atoms with van der Waals surface area (Å²) in [6.45, 7) is 4.09. The van der Waals surface area contributed by atoms with E-state index in [1.54, 1.807) is 31.4 Å². The van der Waals surface area contributed by atoms with Gasteiger partial charge in [0, 0.05) is 42.8 Å². The zero-order valence-corrected chi connectivity index (χ0v) is 21.1. The number of amides is 3. The van der Waals surface area contributed by atoms with E-state index in [0.717, 1.165) is 22.2 Å². The average Bonchev–Trinajstić information content (AvgIpc) is 3.43. The van der Waals surface area contributed by atoms with Gasteiger partial charge in [0.1, 0.15) is 12.1 Å². The summed E-state index contributed by atoms with van der Waals surface area (Å²) in [5, 5.41) is 13.7. The summed E-state index contributed by atoms with van der Waals surface area (Å²) in [6.07, 6.45) is 2.35. The fraction of sp³-hybridized carbons (Fsp3) is 0.345. The molecular formula is C29H29N5O3. The number of carbonyl (C=O) groups excluding carboxylic acids is 3. The summed E-state index contributed by atoms with van der Waals surface area (Å²) < 4.78 is 0. The Morgan fingerprint density at radius 3 is 2.76 bits per heavy atom. The fourth-order valence-corrected chi connectivity index (χ4v) is 5.60. The molecule has 1 aromatic heterocycles. The molecule has 1 N–H and O–H groups in total. The van der Waals surface area contributed by atoms with Crippen molar-refractivity contribution in [1.29, 1.82) is 5.26 Å². The second-order valence-corrected chi connectivity index (χ2v) is 10.4. The summed E-state index contributed by atoms with van der Waals surface area (Å²) >= 11 is 0. The second kappa shape index (κ2) is 9.32. The van der Waals surface area contributed by atoms with Crippen molar-refractivity contribution in [3.05, 3.63) is 71.9 Å². The number of hydrogen-bond acceptors (Lipinski definition) is 5. The second-order valence-electron chi connectivity index (χ2n) is 10.4. The molecule has 0 aliphatic carbocycles. The molecule has 3 amide bonds. The molecule has 8 heteroatoms. The van der Waals surface area contributed by atoms with Gasteiger partial charge in [-0.1, -0.05) is 38.1 Å². The first kappa shape index (κ1) is 24.4. The number of fused-ring (bicyclic) bond motifs is 3. The SMILES string of the molecule is CC(C)C[C@@H](C(=O)N1C[C@]2(C[C@H]1C#N)C(=O)Nc1ccccc12)N(C)C(=O)c1ccc2ncccc2c1. The van der Waals surface area contributed by atoms with Gasteiger partial charge in [-0.05, 0) is 48.2 Å². The minimum atomic E-state index is -0.969. The van der Waals surface area contributed by atoms with Crippen molar-refractivity contribution < 1.29 is 14.4 Å². The molecule has 2 aliphatic rings. The van der Waals surface area contributed by atoms with Gasteiger partial charge in [-0.2, -0.15) is 5.26 Å². The molecule has 1 spiro atoms. The number of carbonyl (C=O) groups is 3. The minimum Gasteiger partial charge on any atom is -0.330 e. The molecule has 1 fully saturated rings. The Kier molecular flexibility index (Phi) is 6.16. The molecule has 0 bridgehead atoms. The van der Waals surface area contributed by atoms with Gasteiger partial charge in [-0.15, -0.1) is 0 Å². The lowest BCUT2D eigenvalue weighted by Crippen LogP contribution is -2.52. The number of anilines is 1. The first-order valence-electron chi connectivity index (χ1n) is 12.5. The van der Waals surface area contributed by atoms with Crippen molar-refractivity contribution in [3.8, 4) is 6.07 Å². The Bertz CT molecular complexity index is 1440. The third-order valence-electron chi connectivity index (χ3n) is 7.53. The molecule has 5 rings (SSSR count). The Morgan fingerprint density at radius 2 is 2.00 bits per heavy atom. The lowest BCUT2D eigenvalue weighted by molar-refractivity contribution is -0.136. The highest BCUT2D eigenvalue weighted by Crippen LogP contribution is 2.46. The van der Waals surface area contributed by atoms with E-state index in [0.29, 0.717) is 12.0 Å². The lowest BCUT2D eigenvalue weighted by atomic mass is 9.80. The van der Waals surface area contributed by atoms with E-state index < -0.39 is 17.5 Å². The zero-order valence-electron chi connectivity index (χ0n) is 21.1. The van der Waals surface area contributed by atoms with Gasteiger partial charge in [-0.3, -0.25) is 19.4 Å². The quantitative estimate of drug-likeness (QED) is 0.580. The molecule has 0 radical (unpaired) electrons. The number of likely N-dealkylation sites (tertiary alicyclic amines) is 1. The normalized spacial score (nSPS) is 21.1. The first-order chi connectivity index (χ1) is 17.7. The van der Waals surface area contributed by atoms with E-state index in [-0.39, 0.29) is 36.6 Å². The molecule has 3 heterocycles. The number of hydrogen-bond donors (Lipinski definition) is 1. The van der Waals surface area contributed by atoms with Crippen LogP contribution in [0.2, 0.25) is 0 Å². The minimum absolute atomic E-state index is 0.102. The van der Waals surface area contributed by atoms with Gasteiger partial charge < -0.3 is 15.1 Å². The summed E-state index contributed by atoms with van der Waals surface area (Å²) in [5.41, 5.74) is 1.80. The Balaban J connectivity index is 1.46. The summed E-state index contributed by atoms with van der Waals surface area (Å²) in [5.74, 6) is -0.666. The Labute approximate surface area is 215 Å². The Morgan fingerprint density at radius 1 is 1.22 bits per heavy atom. The van der Waals surface area contributed by atoms with Crippen LogP contribution in [0.25, 0.3) is 10.9 Å². The number of nitrogens with zero attached hydrogens (tertiary/aromatic N) is 4. The van der Waals surface area contributed by atoms with Crippen LogP contribution in [0.15, 0.2) is 60.8 Å². The molecule has 1 saturated heterocycles. The standard InChI is InChI=1S/C29H29N5O3/c1-18(2)13-25(33(3)26(35)20-10-11-23-19(14-20)7-6-12-31-23)27(36)34-17-29(15-21(34)16-30)22-8-4-5-9-24(22)32-28(29)37/h4-12,14,18,21,25H,13,15,17H2,1-3H3,(H,32,37)/t21-,25-,29-/m0/s1. The van der Waals surface area contributed by atoms with Gasteiger partial charge in [-0.25, -0.2) is 0 Å². The highest BCUT2D eigenvalue weighted by molar-refractivity contribution is 6.07. The van der Waals surface area contributed by atoms with Gasteiger partial charge in [0.15, 0.2) is 0 Å². The van der Waals surface area contributed by atoms with Crippen LogP contribution in [0.1, 0.15) is 42.6 Å². The number of rotatable bonds is 5. The molecule has 188 valence electrons. The molecular weight excluding hydrogens is 466 g/mol. The molecule has 0 unspecified atom stereocenters. The van der Waals surface area contributed by atoms with Crippen LogP contribution in [0.4, 0.5) is 5.69 Å². The van der Waals surface area contributed by atoms with Crippen LogP contribution in [0, 0.1) is 17.2 Å². The van der Waals surface area contributed by atoms with Crippen LogP contribution in [0.3, 0.4) is 0 Å². The van der Waals surface area contributed by atoms with Gasteiger partial charge in [0.05, 0.1) is 17.0 Å². The third-order valence-corrected chi connectivity index (χ3v) is 7.53. The number of nitriles is 1. The van der Waals surface area contributed by atoms with Crippen LogP contribution >= 0.6 is 0 Å². The smallest absolute Gasteiger partial charge is 0.254 e. The topological polar surface area (TPSA) is 106 Å². The van der Waals surface area contributed by atoms with E-state index in [2.05, 4.69) is 16.4 Å². The third kappa shape index (κ3) is 4.10. The summed E-state index contributed by atoms with van der Waals surface area (Å²) in [7, 11) is 1.63. The maximum absolute atomic E-state index is 14.0. The van der Waals surface area contributed by atoms with E-state index in [1.165, 1.54) is 9.80 Å². The lowest BCUT2D eigenvalue weighted by Gasteiger charge is -2.33. The number of likely N-dealkylation sites (N-methyl/N-ethyl adjacent to an activating group) is 1. The number of para-hydroxylation sites is 1. The van der Waals surface area contributed by atoms with Crippen molar-refractivity contribution in [2.45, 2.75) is 44.2 Å². The van der Waals surface area contributed by atoms with Crippen LogP contribution < -0.4 is 5.32 Å². The van der Waals surface area contributed by atoms with Gasteiger partial charge >= 0.3 is 0 Å².